The summed E-state index contributed by atoms with van der Waals surface area (Å²) in [5.41, 5.74) is 2.94. The zero-order valence-corrected chi connectivity index (χ0v) is 15.7. The van der Waals surface area contributed by atoms with Gasteiger partial charge in [-0.1, -0.05) is 18.2 Å². The second-order valence-electron chi connectivity index (χ2n) is 6.67. The highest BCUT2D eigenvalue weighted by Crippen LogP contribution is 2.27. The maximum atomic E-state index is 13.6. The van der Waals surface area contributed by atoms with Crippen molar-refractivity contribution in [2.24, 2.45) is 0 Å². The Morgan fingerprint density at radius 2 is 1.62 bits per heavy atom. The Balaban J connectivity index is 1.91. The van der Waals surface area contributed by atoms with E-state index in [1.54, 1.807) is 23.9 Å². The number of benzene rings is 3. The Bertz CT molecular complexity index is 1390. The molecule has 0 bridgehead atoms. The standard InChI is InChI=1S/C24H17N3O2/c1-29-18-11-9-16(10-12-18)23-26-22-19-8-5-15-25-21(19)14-13-20(22)24(28)27(23)17-6-3-2-4-7-17/h2-15H,1H3. The monoisotopic (exact) mass is 379 g/mol. The summed E-state index contributed by atoms with van der Waals surface area (Å²) in [6, 6.07) is 24.6. The van der Waals surface area contributed by atoms with Gasteiger partial charge >= 0.3 is 0 Å². The lowest BCUT2D eigenvalue weighted by Gasteiger charge is -2.15. The second kappa shape index (κ2) is 6.87. The van der Waals surface area contributed by atoms with E-state index in [9.17, 15) is 4.79 Å². The van der Waals surface area contributed by atoms with Gasteiger partial charge in [-0.15, -0.1) is 0 Å². The van der Waals surface area contributed by atoms with Crippen LogP contribution in [-0.4, -0.2) is 21.6 Å². The Hall–Kier alpha value is -3.99. The van der Waals surface area contributed by atoms with E-state index in [4.69, 9.17) is 9.72 Å². The lowest BCUT2D eigenvalue weighted by molar-refractivity contribution is 0.415. The smallest absolute Gasteiger partial charge is 0.266 e. The largest absolute Gasteiger partial charge is 0.497 e. The minimum Gasteiger partial charge on any atom is -0.497 e. The van der Waals surface area contributed by atoms with E-state index >= 15 is 0 Å². The fourth-order valence-corrected chi connectivity index (χ4v) is 3.55. The first-order chi connectivity index (χ1) is 14.3. The molecule has 0 aliphatic rings. The molecule has 5 aromatic rings. The average Bonchev–Trinajstić information content (AvgIpc) is 2.79. The third-order valence-corrected chi connectivity index (χ3v) is 4.98. The maximum Gasteiger partial charge on any atom is 0.266 e. The molecule has 2 heterocycles. The molecular weight excluding hydrogens is 362 g/mol. The van der Waals surface area contributed by atoms with E-state index < -0.39 is 0 Å². The lowest BCUT2D eigenvalue weighted by Crippen LogP contribution is -2.22. The fraction of sp³-hybridized carbons (Fsp3) is 0.0417. The van der Waals surface area contributed by atoms with Crippen molar-refractivity contribution in [3.8, 4) is 22.8 Å². The van der Waals surface area contributed by atoms with Crippen molar-refractivity contribution in [1.82, 2.24) is 14.5 Å². The Morgan fingerprint density at radius 1 is 0.828 bits per heavy atom. The van der Waals surface area contributed by atoms with Crippen LogP contribution in [-0.2, 0) is 0 Å². The number of ether oxygens (including phenoxy) is 1. The van der Waals surface area contributed by atoms with Gasteiger partial charge in [0.15, 0.2) is 0 Å². The van der Waals surface area contributed by atoms with Crippen molar-refractivity contribution in [2.45, 2.75) is 0 Å². The molecule has 0 amide bonds. The molecule has 3 aromatic carbocycles. The minimum atomic E-state index is -0.113. The first kappa shape index (κ1) is 17.1. The molecule has 0 N–H and O–H groups in total. The summed E-state index contributed by atoms with van der Waals surface area (Å²) < 4.78 is 6.93. The summed E-state index contributed by atoms with van der Waals surface area (Å²) in [6.07, 6.45) is 1.74. The molecule has 2 aromatic heterocycles. The second-order valence-corrected chi connectivity index (χ2v) is 6.67. The van der Waals surface area contributed by atoms with Crippen LogP contribution in [0.25, 0.3) is 38.9 Å². The van der Waals surface area contributed by atoms with Gasteiger partial charge in [-0.3, -0.25) is 14.3 Å². The van der Waals surface area contributed by atoms with Gasteiger partial charge in [0.1, 0.15) is 11.6 Å². The van der Waals surface area contributed by atoms with Crippen molar-refractivity contribution >= 4 is 21.8 Å². The zero-order chi connectivity index (χ0) is 19.8. The van der Waals surface area contributed by atoms with E-state index in [0.717, 1.165) is 27.9 Å². The van der Waals surface area contributed by atoms with Crippen LogP contribution in [0.3, 0.4) is 0 Å². The molecule has 5 rings (SSSR count). The number of nitrogens with zero attached hydrogens (tertiary/aromatic N) is 3. The quantitative estimate of drug-likeness (QED) is 0.430. The van der Waals surface area contributed by atoms with Crippen LogP contribution in [0.4, 0.5) is 0 Å². The van der Waals surface area contributed by atoms with Gasteiger partial charge in [0.05, 0.1) is 29.2 Å². The number of methoxy groups -OCH3 is 1. The van der Waals surface area contributed by atoms with Crippen molar-refractivity contribution in [3.63, 3.8) is 0 Å². The average molecular weight is 379 g/mol. The van der Waals surface area contributed by atoms with Gasteiger partial charge in [0.2, 0.25) is 0 Å². The number of hydrogen-bond donors (Lipinski definition) is 0. The highest BCUT2D eigenvalue weighted by molar-refractivity contribution is 6.03. The molecule has 0 unspecified atom stereocenters. The summed E-state index contributed by atoms with van der Waals surface area (Å²) >= 11 is 0. The van der Waals surface area contributed by atoms with Crippen LogP contribution in [0.15, 0.2) is 89.9 Å². The fourth-order valence-electron chi connectivity index (χ4n) is 3.55. The lowest BCUT2D eigenvalue weighted by atomic mass is 10.1. The number of rotatable bonds is 3. The number of para-hydroxylation sites is 1. The Morgan fingerprint density at radius 3 is 2.38 bits per heavy atom. The maximum absolute atomic E-state index is 13.6. The van der Waals surface area contributed by atoms with Gasteiger partial charge in [-0.25, -0.2) is 4.98 Å². The predicted octanol–water partition coefficient (Wildman–Crippen LogP) is 4.61. The van der Waals surface area contributed by atoms with Gasteiger partial charge in [0, 0.05) is 17.1 Å². The highest BCUT2D eigenvalue weighted by atomic mass is 16.5. The highest BCUT2D eigenvalue weighted by Gasteiger charge is 2.16. The van der Waals surface area contributed by atoms with Crippen LogP contribution in [0, 0.1) is 0 Å². The molecular formula is C24H17N3O2. The normalized spacial score (nSPS) is 11.1. The summed E-state index contributed by atoms with van der Waals surface area (Å²) in [5, 5.41) is 1.42. The predicted molar refractivity (Wildman–Crippen MR) is 115 cm³/mol. The Kier molecular flexibility index (Phi) is 4.06. The Labute approximate surface area is 166 Å². The minimum absolute atomic E-state index is 0.113. The molecule has 0 radical (unpaired) electrons. The SMILES string of the molecule is COc1ccc(-c2nc3c(ccc4ncccc43)c(=O)n2-c2ccccc2)cc1. The van der Waals surface area contributed by atoms with Crippen LogP contribution >= 0.6 is 0 Å². The van der Waals surface area contributed by atoms with E-state index in [1.165, 1.54) is 0 Å². The molecule has 0 aliphatic carbocycles. The first-order valence-corrected chi connectivity index (χ1v) is 9.26. The molecule has 0 fully saturated rings. The van der Waals surface area contributed by atoms with E-state index in [-0.39, 0.29) is 5.56 Å². The molecule has 0 saturated heterocycles. The van der Waals surface area contributed by atoms with Crippen LogP contribution in [0.2, 0.25) is 0 Å². The molecule has 5 heteroatoms. The zero-order valence-electron chi connectivity index (χ0n) is 15.7. The summed E-state index contributed by atoms with van der Waals surface area (Å²) in [7, 11) is 1.63. The molecule has 0 atom stereocenters. The summed E-state index contributed by atoms with van der Waals surface area (Å²) in [5.74, 6) is 1.32. The van der Waals surface area contributed by atoms with Gasteiger partial charge < -0.3 is 4.74 Å². The molecule has 0 spiro atoms. The molecule has 0 aliphatic heterocycles. The number of aromatic nitrogens is 3. The number of fused-ring (bicyclic) bond motifs is 3. The van der Waals surface area contributed by atoms with Crippen molar-refractivity contribution in [3.05, 3.63) is 95.4 Å². The number of hydrogen-bond acceptors (Lipinski definition) is 4. The summed E-state index contributed by atoms with van der Waals surface area (Å²) in [6.45, 7) is 0. The third kappa shape index (κ3) is 2.84. The van der Waals surface area contributed by atoms with E-state index in [0.29, 0.717) is 16.7 Å². The van der Waals surface area contributed by atoms with Crippen LogP contribution < -0.4 is 10.3 Å². The van der Waals surface area contributed by atoms with Crippen molar-refractivity contribution in [1.29, 1.82) is 0 Å². The van der Waals surface area contributed by atoms with Crippen molar-refractivity contribution < 1.29 is 4.74 Å². The van der Waals surface area contributed by atoms with Gasteiger partial charge in [-0.2, -0.15) is 0 Å². The van der Waals surface area contributed by atoms with Crippen molar-refractivity contribution in [2.75, 3.05) is 7.11 Å². The molecule has 140 valence electrons. The molecule has 0 saturated carbocycles. The molecule has 29 heavy (non-hydrogen) atoms. The topological polar surface area (TPSA) is 57.0 Å². The molecule has 5 nitrogen and oxygen atoms in total. The van der Waals surface area contributed by atoms with E-state index in [2.05, 4.69) is 4.98 Å². The first-order valence-electron chi connectivity index (χ1n) is 9.26. The third-order valence-electron chi connectivity index (χ3n) is 4.98. The van der Waals surface area contributed by atoms with Crippen LogP contribution in [0.1, 0.15) is 0 Å². The summed E-state index contributed by atoms with van der Waals surface area (Å²) in [4.78, 5) is 22.9. The van der Waals surface area contributed by atoms with Gasteiger partial charge in [0.25, 0.3) is 5.56 Å². The van der Waals surface area contributed by atoms with Gasteiger partial charge in [-0.05, 0) is 60.7 Å². The number of pyridine rings is 1. The van der Waals surface area contributed by atoms with E-state index in [1.807, 2.05) is 72.8 Å². The van der Waals surface area contributed by atoms with Crippen LogP contribution in [0.5, 0.6) is 5.75 Å².